The third kappa shape index (κ3) is 4.19. The molecule has 4 nitrogen and oxygen atoms in total. The molecule has 21 heavy (non-hydrogen) atoms. The molecule has 0 amide bonds. The van der Waals surface area contributed by atoms with Crippen LogP contribution in [0.25, 0.3) is 0 Å². The van der Waals surface area contributed by atoms with Crippen molar-refractivity contribution in [1.29, 1.82) is 0 Å². The van der Waals surface area contributed by atoms with Gasteiger partial charge < -0.3 is 19.5 Å². The van der Waals surface area contributed by atoms with E-state index in [1.165, 1.54) is 25.7 Å². The predicted molar refractivity (Wildman–Crippen MR) is 82.3 cm³/mol. The van der Waals surface area contributed by atoms with Gasteiger partial charge in [-0.25, -0.2) is 0 Å². The van der Waals surface area contributed by atoms with Crippen molar-refractivity contribution in [2.24, 2.45) is 5.92 Å². The Kier molecular flexibility index (Phi) is 5.54. The summed E-state index contributed by atoms with van der Waals surface area (Å²) in [5, 5.41) is 3.65. The molecule has 2 aliphatic carbocycles. The Morgan fingerprint density at radius 2 is 1.76 bits per heavy atom. The van der Waals surface area contributed by atoms with Crippen LogP contribution in [0.2, 0.25) is 0 Å². The summed E-state index contributed by atoms with van der Waals surface area (Å²) in [6.45, 7) is 5.70. The number of hydrogen-bond donors (Lipinski definition) is 1. The number of nitrogens with one attached hydrogen (secondary N) is 1. The summed E-state index contributed by atoms with van der Waals surface area (Å²) in [5.74, 6) is 0.511. The Balaban J connectivity index is 1.28. The van der Waals surface area contributed by atoms with E-state index < -0.39 is 0 Å². The van der Waals surface area contributed by atoms with Crippen molar-refractivity contribution in [3.8, 4) is 0 Å². The molecule has 0 aromatic carbocycles. The Hall–Kier alpha value is -0.160. The molecule has 4 heteroatoms. The Bertz CT molecular complexity index is 307. The number of hydrogen-bond acceptors (Lipinski definition) is 4. The number of rotatable bonds is 5. The predicted octanol–water partition coefficient (Wildman–Crippen LogP) is 2.86. The highest BCUT2D eigenvalue weighted by molar-refractivity contribution is 4.85. The third-order valence-corrected chi connectivity index (χ3v) is 5.46. The van der Waals surface area contributed by atoms with E-state index in [1.54, 1.807) is 0 Å². The van der Waals surface area contributed by atoms with Crippen molar-refractivity contribution < 1.29 is 14.2 Å². The molecule has 2 atom stereocenters. The quantitative estimate of drug-likeness (QED) is 0.792. The first kappa shape index (κ1) is 15.7. The molecule has 1 saturated heterocycles. The van der Waals surface area contributed by atoms with Gasteiger partial charge in [0.1, 0.15) is 0 Å². The third-order valence-electron chi connectivity index (χ3n) is 5.46. The molecule has 0 unspecified atom stereocenters. The van der Waals surface area contributed by atoms with Crippen LogP contribution in [-0.2, 0) is 14.2 Å². The lowest BCUT2D eigenvalue weighted by Gasteiger charge is -2.36. The van der Waals surface area contributed by atoms with Crippen LogP contribution in [0.5, 0.6) is 0 Å². The van der Waals surface area contributed by atoms with Gasteiger partial charge in [-0.1, -0.05) is 19.8 Å². The summed E-state index contributed by atoms with van der Waals surface area (Å²) in [4.78, 5) is 0. The molecule has 0 aromatic heterocycles. The second-order valence-corrected chi connectivity index (χ2v) is 7.01. The molecule has 3 fully saturated rings. The SMILES string of the molecule is C[C@H]1CCCC[C@@H]1OCCNC1CCC2(CC1)OCCO2. The van der Waals surface area contributed by atoms with Gasteiger partial charge in [0.25, 0.3) is 0 Å². The molecule has 122 valence electrons. The smallest absolute Gasteiger partial charge is 0.168 e. The van der Waals surface area contributed by atoms with Crippen molar-refractivity contribution in [1.82, 2.24) is 5.32 Å². The first-order valence-corrected chi connectivity index (χ1v) is 8.90. The van der Waals surface area contributed by atoms with Crippen LogP contribution in [0, 0.1) is 5.92 Å². The summed E-state index contributed by atoms with van der Waals surface area (Å²) >= 11 is 0. The molecular formula is C17H31NO3. The van der Waals surface area contributed by atoms with E-state index in [9.17, 15) is 0 Å². The van der Waals surface area contributed by atoms with E-state index >= 15 is 0 Å². The Morgan fingerprint density at radius 1 is 1.05 bits per heavy atom. The number of ether oxygens (including phenoxy) is 3. The highest BCUT2D eigenvalue weighted by Gasteiger charge is 2.40. The average molecular weight is 297 g/mol. The van der Waals surface area contributed by atoms with Gasteiger partial charge in [-0.15, -0.1) is 0 Å². The summed E-state index contributed by atoms with van der Waals surface area (Å²) in [6, 6.07) is 0.607. The zero-order chi connectivity index (χ0) is 14.5. The first-order chi connectivity index (χ1) is 10.3. The van der Waals surface area contributed by atoms with Crippen molar-refractivity contribution in [2.45, 2.75) is 76.2 Å². The van der Waals surface area contributed by atoms with Crippen molar-refractivity contribution >= 4 is 0 Å². The zero-order valence-corrected chi connectivity index (χ0v) is 13.4. The Morgan fingerprint density at radius 3 is 2.48 bits per heavy atom. The molecule has 0 radical (unpaired) electrons. The summed E-state index contributed by atoms with van der Waals surface area (Å²) in [5.41, 5.74) is 0. The summed E-state index contributed by atoms with van der Waals surface area (Å²) < 4.78 is 17.6. The van der Waals surface area contributed by atoms with E-state index in [0.717, 1.165) is 58.0 Å². The molecule has 1 aliphatic heterocycles. The summed E-state index contributed by atoms with van der Waals surface area (Å²) in [6.07, 6.45) is 10.2. The van der Waals surface area contributed by atoms with Gasteiger partial charge in [-0.2, -0.15) is 0 Å². The molecule has 1 N–H and O–H groups in total. The highest BCUT2D eigenvalue weighted by Crippen LogP contribution is 2.35. The second-order valence-electron chi connectivity index (χ2n) is 7.01. The van der Waals surface area contributed by atoms with Crippen molar-refractivity contribution in [3.63, 3.8) is 0 Å². The van der Waals surface area contributed by atoms with Crippen LogP contribution >= 0.6 is 0 Å². The van der Waals surface area contributed by atoms with E-state index in [-0.39, 0.29) is 5.79 Å². The lowest BCUT2D eigenvalue weighted by atomic mass is 9.88. The monoisotopic (exact) mass is 297 g/mol. The van der Waals surface area contributed by atoms with Crippen LogP contribution in [0.3, 0.4) is 0 Å². The lowest BCUT2D eigenvalue weighted by Crippen LogP contribution is -2.43. The van der Waals surface area contributed by atoms with Crippen molar-refractivity contribution in [3.05, 3.63) is 0 Å². The fourth-order valence-electron chi connectivity index (χ4n) is 4.05. The minimum Gasteiger partial charge on any atom is -0.377 e. The summed E-state index contributed by atoms with van der Waals surface area (Å²) in [7, 11) is 0. The first-order valence-electron chi connectivity index (χ1n) is 8.90. The molecule has 3 aliphatic rings. The van der Waals surface area contributed by atoms with E-state index in [4.69, 9.17) is 14.2 Å². The van der Waals surface area contributed by atoms with Crippen molar-refractivity contribution in [2.75, 3.05) is 26.4 Å². The molecule has 0 aromatic rings. The molecule has 1 heterocycles. The second kappa shape index (κ2) is 7.40. The van der Waals surface area contributed by atoms with Crippen LogP contribution in [-0.4, -0.2) is 44.3 Å². The van der Waals surface area contributed by atoms with Gasteiger partial charge in [-0.05, 0) is 31.6 Å². The zero-order valence-electron chi connectivity index (χ0n) is 13.4. The van der Waals surface area contributed by atoms with Crippen LogP contribution in [0.15, 0.2) is 0 Å². The maximum Gasteiger partial charge on any atom is 0.168 e. The molecule has 1 spiro atoms. The maximum atomic E-state index is 6.07. The van der Waals surface area contributed by atoms with E-state index in [0.29, 0.717) is 12.1 Å². The molecule has 3 rings (SSSR count). The molecular weight excluding hydrogens is 266 g/mol. The minimum absolute atomic E-state index is 0.230. The van der Waals surface area contributed by atoms with Gasteiger partial charge in [0.2, 0.25) is 0 Å². The van der Waals surface area contributed by atoms with E-state index in [1.807, 2.05) is 0 Å². The minimum atomic E-state index is -0.230. The van der Waals surface area contributed by atoms with Gasteiger partial charge >= 0.3 is 0 Å². The molecule has 2 saturated carbocycles. The van der Waals surface area contributed by atoms with E-state index in [2.05, 4.69) is 12.2 Å². The standard InChI is InChI=1S/C17H31NO3/c1-14-4-2-3-5-16(14)19-11-10-18-15-6-8-17(9-7-15)20-12-13-21-17/h14-16,18H,2-13H2,1H3/t14-,16-/m0/s1. The average Bonchev–Trinajstić information content (AvgIpc) is 2.96. The van der Waals surface area contributed by atoms with Gasteiger partial charge in [0, 0.05) is 25.4 Å². The lowest BCUT2D eigenvalue weighted by molar-refractivity contribution is -0.179. The normalized spacial score (nSPS) is 33.6. The topological polar surface area (TPSA) is 39.7 Å². The van der Waals surface area contributed by atoms with Gasteiger partial charge in [-0.3, -0.25) is 0 Å². The van der Waals surface area contributed by atoms with Gasteiger partial charge in [0.15, 0.2) is 5.79 Å². The highest BCUT2D eigenvalue weighted by atomic mass is 16.7. The van der Waals surface area contributed by atoms with Gasteiger partial charge in [0.05, 0.1) is 25.9 Å². The Labute approximate surface area is 128 Å². The molecule has 0 bridgehead atoms. The maximum absolute atomic E-state index is 6.07. The van der Waals surface area contributed by atoms with Crippen LogP contribution in [0.1, 0.15) is 58.3 Å². The largest absolute Gasteiger partial charge is 0.377 e. The van der Waals surface area contributed by atoms with Crippen LogP contribution in [0.4, 0.5) is 0 Å². The fourth-order valence-corrected chi connectivity index (χ4v) is 4.05. The fraction of sp³-hybridized carbons (Fsp3) is 1.00. The van der Waals surface area contributed by atoms with Crippen LogP contribution < -0.4 is 5.32 Å².